The Kier molecular flexibility index (Phi) is 4.14. The van der Waals surface area contributed by atoms with E-state index in [1.54, 1.807) is 0 Å². The van der Waals surface area contributed by atoms with Crippen LogP contribution in [0, 0.1) is 10.8 Å². The molecule has 1 aromatic carbocycles. The van der Waals surface area contributed by atoms with E-state index in [-0.39, 0.29) is 11.9 Å². The first-order chi connectivity index (χ1) is 7.59. The average Bonchev–Trinajstić information content (AvgIpc) is 2.25. The zero-order valence-corrected chi connectivity index (χ0v) is 8.90. The van der Waals surface area contributed by atoms with Crippen molar-refractivity contribution in [2.24, 2.45) is 11.5 Å². The van der Waals surface area contributed by atoms with E-state index in [1.807, 2.05) is 30.3 Å². The molecule has 6 heteroatoms. The van der Waals surface area contributed by atoms with Crippen LogP contribution in [-0.4, -0.2) is 23.5 Å². The summed E-state index contributed by atoms with van der Waals surface area (Å²) in [7, 11) is 0. The van der Waals surface area contributed by atoms with Crippen LogP contribution in [0.2, 0.25) is 0 Å². The Hall–Kier alpha value is -2.24. The average molecular weight is 220 g/mol. The lowest BCUT2D eigenvalue weighted by Crippen LogP contribution is -2.52. The first-order valence-corrected chi connectivity index (χ1v) is 4.86. The van der Waals surface area contributed by atoms with Crippen LogP contribution in [0.15, 0.2) is 30.3 Å². The zero-order valence-electron chi connectivity index (χ0n) is 8.90. The highest BCUT2D eigenvalue weighted by Gasteiger charge is 2.06. The number of rotatable bonds is 3. The Bertz CT molecular complexity index is 361. The minimum atomic E-state index is -0.233. The molecule has 0 saturated carbocycles. The highest BCUT2D eigenvalue weighted by Crippen LogP contribution is 2.00. The molecular formula is C10H16N6. The van der Waals surface area contributed by atoms with Gasteiger partial charge in [-0.3, -0.25) is 21.3 Å². The largest absolute Gasteiger partial charge is 0.369 e. The molecule has 1 rings (SSSR count). The van der Waals surface area contributed by atoms with Gasteiger partial charge in [-0.1, -0.05) is 30.3 Å². The molecule has 0 radical (unpaired) electrons. The van der Waals surface area contributed by atoms with Crippen LogP contribution in [-0.2, 0) is 6.42 Å². The number of hydrazine groups is 1. The van der Waals surface area contributed by atoms with Gasteiger partial charge in [0.1, 0.15) is 0 Å². The molecule has 0 amide bonds. The molecule has 6 nitrogen and oxygen atoms in total. The number of hydrogen-bond acceptors (Lipinski definition) is 2. The van der Waals surface area contributed by atoms with E-state index in [9.17, 15) is 0 Å². The normalized spacial score (nSPS) is 9.50. The van der Waals surface area contributed by atoms with Gasteiger partial charge in [-0.05, 0) is 12.0 Å². The predicted molar refractivity (Wildman–Crippen MR) is 63.8 cm³/mol. The van der Waals surface area contributed by atoms with Crippen LogP contribution in [0.25, 0.3) is 0 Å². The van der Waals surface area contributed by atoms with Gasteiger partial charge < -0.3 is 11.5 Å². The summed E-state index contributed by atoms with van der Waals surface area (Å²) in [6.07, 6.45) is 0.723. The molecule has 0 saturated heterocycles. The molecule has 0 aliphatic heterocycles. The van der Waals surface area contributed by atoms with E-state index < -0.39 is 0 Å². The lowest BCUT2D eigenvalue weighted by atomic mass is 10.1. The van der Waals surface area contributed by atoms with Gasteiger partial charge in [0.2, 0.25) is 11.9 Å². The molecule has 0 aromatic heterocycles. The van der Waals surface area contributed by atoms with Crippen LogP contribution in [0.4, 0.5) is 0 Å². The van der Waals surface area contributed by atoms with Crippen LogP contribution in [0.1, 0.15) is 5.56 Å². The predicted octanol–water partition coefficient (Wildman–Crippen LogP) is -0.177. The molecule has 0 atom stereocenters. The minimum absolute atomic E-state index is 0.161. The minimum Gasteiger partial charge on any atom is -0.369 e. The molecule has 0 unspecified atom stereocenters. The second kappa shape index (κ2) is 5.59. The van der Waals surface area contributed by atoms with Crippen molar-refractivity contribution in [2.75, 3.05) is 6.54 Å². The second-order valence-corrected chi connectivity index (χ2v) is 3.30. The number of nitrogens with one attached hydrogen (secondary N) is 3. The summed E-state index contributed by atoms with van der Waals surface area (Å²) in [6.45, 7) is 0.485. The maximum atomic E-state index is 7.30. The lowest BCUT2D eigenvalue weighted by molar-refractivity contribution is 0.370. The quantitative estimate of drug-likeness (QED) is 0.276. The van der Waals surface area contributed by atoms with Crippen molar-refractivity contribution in [3.05, 3.63) is 35.9 Å². The Labute approximate surface area is 94.2 Å². The van der Waals surface area contributed by atoms with Gasteiger partial charge in [-0.25, -0.2) is 0 Å². The number of nitrogens with zero attached hydrogens (tertiary/aromatic N) is 1. The van der Waals surface area contributed by atoms with E-state index in [4.69, 9.17) is 22.3 Å². The van der Waals surface area contributed by atoms with Crippen LogP contribution >= 0.6 is 0 Å². The number of guanidine groups is 2. The number of hydrogen-bond donors (Lipinski definition) is 5. The summed E-state index contributed by atoms with van der Waals surface area (Å²) in [4.78, 5) is 0. The monoisotopic (exact) mass is 220 g/mol. The van der Waals surface area contributed by atoms with Gasteiger partial charge in [-0.15, -0.1) is 0 Å². The third kappa shape index (κ3) is 3.87. The smallest absolute Gasteiger partial charge is 0.207 e. The molecular weight excluding hydrogens is 204 g/mol. The molecule has 7 N–H and O–H groups in total. The van der Waals surface area contributed by atoms with E-state index in [0.29, 0.717) is 6.54 Å². The van der Waals surface area contributed by atoms with E-state index in [1.165, 1.54) is 5.01 Å². The van der Waals surface area contributed by atoms with Gasteiger partial charge in [0.15, 0.2) is 0 Å². The SMILES string of the molecule is N=C(N)NN(CCc1ccccc1)C(=N)N. The fourth-order valence-corrected chi connectivity index (χ4v) is 1.27. The molecule has 0 heterocycles. The molecule has 0 fully saturated rings. The van der Waals surface area contributed by atoms with Crippen molar-refractivity contribution in [2.45, 2.75) is 6.42 Å². The van der Waals surface area contributed by atoms with Crippen molar-refractivity contribution in [3.63, 3.8) is 0 Å². The van der Waals surface area contributed by atoms with Crippen molar-refractivity contribution in [3.8, 4) is 0 Å². The maximum Gasteiger partial charge on any atom is 0.207 e. The number of benzene rings is 1. The molecule has 0 bridgehead atoms. The second-order valence-electron chi connectivity index (χ2n) is 3.30. The topological polar surface area (TPSA) is 115 Å². The maximum absolute atomic E-state index is 7.30. The molecule has 0 spiro atoms. The van der Waals surface area contributed by atoms with Gasteiger partial charge in [-0.2, -0.15) is 0 Å². The highest BCUT2D eigenvalue weighted by molar-refractivity contribution is 5.80. The van der Waals surface area contributed by atoms with Gasteiger partial charge >= 0.3 is 0 Å². The molecule has 0 aliphatic carbocycles. The fourth-order valence-electron chi connectivity index (χ4n) is 1.27. The van der Waals surface area contributed by atoms with E-state index in [0.717, 1.165) is 12.0 Å². The molecule has 86 valence electrons. The zero-order chi connectivity index (χ0) is 12.0. The molecule has 16 heavy (non-hydrogen) atoms. The van der Waals surface area contributed by atoms with Crippen LogP contribution < -0.4 is 16.9 Å². The summed E-state index contributed by atoms with van der Waals surface area (Å²) >= 11 is 0. The van der Waals surface area contributed by atoms with Crippen molar-refractivity contribution < 1.29 is 0 Å². The van der Waals surface area contributed by atoms with E-state index >= 15 is 0 Å². The van der Waals surface area contributed by atoms with Gasteiger partial charge in [0, 0.05) is 6.54 Å². The molecule has 1 aromatic rings. The Morgan fingerprint density at radius 1 is 1.19 bits per heavy atom. The highest BCUT2D eigenvalue weighted by atomic mass is 15.6. The van der Waals surface area contributed by atoms with Crippen LogP contribution in [0.5, 0.6) is 0 Å². The summed E-state index contributed by atoms with van der Waals surface area (Å²) in [5, 5.41) is 15.7. The first kappa shape index (κ1) is 11.8. The summed E-state index contributed by atoms with van der Waals surface area (Å²) in [5.41, 5.74) is 14.2. The summed E-state index contributed by atoms with van der Waals surface area (Å²) < 4.78 is 0. The van der Waals surface area contributed by atoms with E-state index in [2.05, 4.69) is 5.43 Å². The van der Waals surface area contributed by atoms with Gasteiger partial charge in [0.25, 0.3) is 0 Å². The Morgan fingerprint density at radius 3 is 2.31 bits per heavy atom. The molecule has 0 aliphatic rings. The van der Waals surface area contributed by atoms with Crippen molar-refractivity contribution in [1.29, 1.82) is 10.8 Å². The number of nitrogens with two attached hydrogens (primary N) is 2. The van der Waals surface area contributed by atoms with Crippen molar-refractivity contribution >= 4 is 11.9 Å². The fraction of sp³-hybridized carbons (Fsp3) is 0.200. The summed E-state index contributed by atoms with van der Waals surface area (Å²) in [5.74, 6) is -0.394. The third-order valence-corrected chi connectivity index (χ3v) is 2.01. The Morgan fingerprint density at radius 2 is 1.81 bits per heavy atom. The first-order valence-electron chi connectivity index (χ1n) is 4.86. The van der Waals surface area contributed by atoms with Crippen molar-refractivity contribution in [1.82, 2.24) is 10.4 Å². The van der Waals surface area contributed by atoms with Crippen LogP contribution in [0.3, 0.4) is 0 Å². The van der Waals surface area contributed by atoms with Gasteiger partial charge in [0.05, 0.1) is 0 Å². The lowest BCUT2D eigenvalue weighted by Gasteiger charge is -2.22. The standard InChI is InChI=1S/C10H16N6/c11-9(12)15-16(10(13)14)7-6-8-4-2-1-3-5-8/h1-5H,6-7H2,(H3,13,14)(H4,11,12,15). The summed E-state index contributed by atoms with van der Waals surface area (Å²) in [6, 6.07) is 9.83. The third-order valence-electron chi connectivity index (χ3n) is 2.01. The Balaban J connectivity index is 2.50.